The van der Waals surface area contributed by atoms with Crippen LogP contribution in [0.3, 0.4) is 0 Å². The zero-order chi connectivity index (χ0) is 22.4. The second-order valence-corrected chi connectivity index (χ2v) is 6.50. The van der Waals surface area contributed by atoms with Crippen LogP contribution in [0.25, 0.3) is 17.1 Å². The quantitative estimate of drug-likeness (QED) is 0.534. The molecule has 7 nitrogen and oxygen atoms in total. The van der Waals surface area contributed by atoms with Gasteiger partial charge in [-0.1, -0.05) is 19.1 Å². The first kappa shape index (κ1) is 22.3. The number of anilines is 1. The monoisotopic (exact) mass is 434 g/mol. The van der Waals surface area contributed by atoms with Gasteiger partial charge in [-0.25, -0.2) is 4.68 Å². The molecule has 31 heavy (non-hydrogen) atoms. The maximum atomic E-state index is 13.2. The lowest BCUT2D eigenvalue weighted by Gasteiger charge is -2.10. The van der Waals surface area contributed by atoms with Crippen LogP contribution in [0, 0.1) is 0 Å². The number of benzene rings is 2. The number of amides is 1. The summed E-state index contributed by atoms with van der Waals surface area (Å²) in [6, 6.07) is 11.5. The number of carbonyl (C=O) groups is 1. The molecule has 0 atom stereocenters. The number of alkyl halides is 3. The predicted molar refractivity (Wildman–Crippen MR) is 108 cm³/mol. The smallest absolute Gasteiger partial charge is 0.416 e. The molecule has 10 heteroatoms. The molecule has 0 unspecified atom stereocenters. The van der Waals surface area contributed by atoms with Crippen LogP contribution in [0.5, 0.6) is 6.01 Å². The molecule has 1 N–H and O–H groups in total. The second kappa shape index (κ2) is 9.61. The van der Waals surface area contributed by atoms with E-state index >= 15 is 0 Å². The number of carbonyl (C=O) groups excluding carboxylic acids is 1. The number of methoxy groups -OCH3 is 1. The van der Waals surface area contributed by atoms with Crippen molar-refractivity contribution in [3.8, 4) is 23.1 Å². The average Bonchev–Trinajstić information content (AvgIpc) is 3.18. The van der Waals surface area contributed by atoms with E-state index in [0.29, 0.717) is 24.4 Å². The number of halogens is 3. The van der Waals surface area contributed by atoms with Gasteiger partial charge in [-0.05, 0) is 36.4 Å². The fourth-order valence-corrected chi connectivity index (χ4v) is 2.71. The minimum absolute atomic E-state index is 0.00724. The summed E-state index contributed by atoms with van der Waals surface area (Å²) in [5.74, 6) is 0.0517. The molecule has 2 aromatic carbocycles. The number of hydrogen-bond donors (Lipinski definition) is 1. The molecule has 1 amide bonds. The van der Waals surface area contributed by atoms with Crippen molar-refractivity contribution in [3.05, 3.63) is 54.1 Å². The second-order valence-electron chi connectivity index (χ2n) is 6.50. The minimum atomic E-state index is -4.49. The number of hydrogen-bond acceptors (Lipinski definition) is 5. The summed E-state index contributed by atoms with van der Waals surface area (Å²) in [6.07, 6.45) is -4.15. The summed E-state index contributed by atoms with van der Waals surface area (Å²) in [4.78, 5) is 15.8. The Kier molecular flexibility index (Phi) is 6.91. The van der Waals surface area contributed by atoms with E-state index in [9.17, 15) is 18.0 Å². The van der Waals surface area contributed by atoms with E-state index in [2.05, 4.69) is 15.4 Å². The van der Waals surface area contributed by atoms with E-state index in [-0.39, 0.29) is 29.9 Å². The molecule has 0 bridgehead atoms. The first-order valence-electron chi connectivity index (χ1n) is 9.48. The van der Waals surface area contributed by atoms with E-state index in [1.165, 1.54) is 23.9 Å². The summed E-state index contributed by atoms with van der Waals surface area (Å²) >= 11 is 0. The zero-order valence-corrected chi connectivity index (χ0v) is 16.9. The Morgan fingerprint density at radius 1 is 1.13 bits per heavy atom. The highest BCUT2D eigenvalue weighted by atomic mass is 19.4. The maximum absolute atomic E-state index is 13.2. The summed E-state index contributed by atoms with van der Waals surface area (Å²) in [7, 11) is 1.52. The van der Waals surface area contributed by atoms with Crippen molar-refractivity contribution in [2.75, 3.05) is 25.6 Å². The van der Waals surface area contributed by atoms with E-state index in [1.807, 2.05) is 0 Å². The van der Waals surface area contributed by atoms with Crippen molar-refractivity contribution in [2.45, 2.75) is 19.5 Å². The first-order valence-corrected chi connectivity index (χ1v) is 9.48. The zero-order valence-electron chi connectivity index (χ0n) is 16.9. The lowest BCUT2D eigenvalue weighted by Crippen LogP contribution is -2.09. The predicted octanol–water partition coefficient (Wildman–Crippen LogP) is 4.33. The SMILES string of the molecule is CCC(=O)Nc1ccc(-n2nc(OCCOC)nc2-c2cccc(C(F)(F)F)c2)cc1. The van der Waals surface area contributed by atoms with Gasteiger partial charge in [0.2, 0.25) is 5.91 Å². The number of ether oxygens (including phenoxy) is 2. The van der Waals surface area contributed by atoms with Crippen LogP contribution >= 0.6 is 0 Å². The summed E-state index contributed by atoms with van der Waals surface area (Å²) in [6.45, 7) is 2.23. The highest BCUT2D eigenvalue weighted by Gasteiger charge is 2.31. The Bertz CT molecular complexity index is 1030. The lowest BCUT2D eigenvalue weighted by molar-refractivity contribution is -0.137. The molecular formula is C21H21F3N4O3. The molecule has 0 saturated carbocycles. The molecule has 0 spiro atoms. The van der Waals surface area contributed by atoms with Gasteiger partial charge in [-0.15, -0.1) is 5.10 Å². The summed E-state index contributed by atoms with van der Waals surface area (Å²) in [5.41, 5.74) is 0.565. The van der Waals surface area contributed by atoms with E-state index in [4.69, 9.17) is 9.47 Å². The van der Waals surface area contributed by atoms with Crippen molar-refractivity contribution in [2.24, 2.45) is 0 Å². The molecule has 1 aromatic heterocycles. The van der Waals surface area contributed by atoms with Gasteiger partial charge < -0.3 is 14.8 Å². The number of nitrogens with one attached hydrogen (secondary N) is 1. The largest absolute Gasteiger partial charge is 0.460 e. The lowest BCUT2D eigenvalue weighted by atomic mass is 10.1. The van der Waals surface area contributed by atoms with Crippen LogP contribution in [0.1, 0.15) is 18.9 Å². The van der Waals surface area contributed by atoms with Crippen molar-refractivity contribution >= 4 is 11.6 Å². The van der Waals surface area contributed by atoms with Gasteiger partial charge in [-0.2, -0.15) is 18.2 Å². The average molecular weight is 434 g/mol. The van der Waals surface area contributed by atoms with Gasteiger partial charge in [0.1, 0.15) is 6.61 Å². The number of nitrogens with zero attached hydrogens (tertiary/aromatic N) is 3. The van der Waals surface area contributed by atoms with Crippen LogP contribution in [0.4, 0.5) is 18.9 Å². The molecular weight excluding hydrogens is 413 g/mol. The Hall–Kier alpha value is -3.40. The number of rotatable bonds is 8. The molecule has 0 saturated heterocycles. The molecule has 3 aromatic rings. The fourth-order valence-electron chi connectivity index (χ4n) is 2.71. The standard InChI is InChI=1S/C21H21F3N4O3/c1-3-18(29)25-16-7-9-17(10-8-16)28-19(26-20(27-28)31-12-11-30-2)14-5-4-6-15(13-14)21(22,23)24/h4-10,13H,3,11-12H2,1-2H3,(H,25,29). The molecule has 0 aliphatic heterocycles. The van der Waals surface area contributed by atoms with E-state index in [1.54, 1.807) is 31.2 Å². The molecule has 3 rings (SSSR count). The van der Waals surface area contributed by atoms with Gasteiger partial charge in [-0.3, -0.25) is 4.79 Å². The summed E-state index contributed by atoms with van der Waals surface area (Å²) < 4.78 is 51.3. The van der Waals surface area contributed by atoms with Crippen molar-refractivity contribution in [1.82, 2.24) is 14.8 Å². The van der Waals surface area contributed by atoms with Crippen LogP contribution in [-0.2, 0) is 15.7 Å². The third-order valence-electron chi connectivity index (χ3n) is 4.27. The topological polar surface area (TPSA) is 78.3 Å². The Morgan fingerprint density at radius 3 is 2.52 bits per heavy atom. The first-order chi connectivity index (χ1) is 14.8. The normalized spacial score (nSPS) is 11.4. The van der Waals surface area contributed by atoms with Crippen LogP contribution in [0.15, 0.2) is 48.5 Å². The Balaban J connectivity index is 2.00. The Labute approximate surface area is 176 Å². The summed E-state index contributed by atoms with van der Waals surface area (Å²) in [5, 5.41) is 7.02. The van der Waals surface area contributed by atoms with Gasteiger partial charge >= 0.3 is 12.2 Å². The molecule has 0 radical (unpaired) electrons. The van der Waals surface area contributed by atoms with Crippen LogP contribution < -0.4 is 10.1 Å². The molecule has 1 heterocycles. The molecule has 0 aliphatic carbocycles. The molecule has 0 aliphatic rings. The molecule has 0 fully saturated rings. The third-order valence-corrected chi connectivity index (χ3v) is 4.27. The highest BCUT2D eigenvalue weighted by molar-refractivity contribution is 5.90. The van der Waals surface area contributed by atoms with Crippen molar-refractivity contribution in [3.63, 3.8) is 0 Å². The fraction of sp³-hybridized carbons (Fsp3) is 0.286. The van der Waals surface area contributed by atoms with Crippen LogP contribution in [0.2, 0.25) is 0 Å². The molecule has 164 valence electrons. The Morgan fingerprint density at radius 2 is 1.87 bits per heavy atom. The maximum Gasteiger partial charge on any atom is 0.416 e. The van der Waals surface area contributed by atoms with Crippen molar-refractivity contribution in [1.29, 1.82) is 0 Å². The number of aromatic nitrogens is 3. The van der Waals surface area contributed by atoms with Gasteiger partial charge in [0.25, 0.3) is 0 Å². The minimum Gasteiger partial charge on any atom is -0.460 e. The highest BCUT2D eigenvalue weighted by Crippen LogP contribution is 2.33. The van der Waals surface area contributed by atoms with Crippen LogP contribution in [-0.4, -0.2) is 41.0 Å². The van der Waals surface area contributed by atoms with Crippen molar-refractivity contribution < 1.29 is 27.4 Å². The van der Waals surface area contributed by atoms with Gasteiger partial charge in [0.15, 0.2) is 5.82 Å². The third kappa shape index (κ3) is 5.60. The van der Waals surface area contributed by atoms with E-state index in [0.717, 1.165) is 12.1 Å². The van der Waals surface area contributed by atoms with Gasteiger partial charge in [0, 0.05) is 24.8 Å². The van der Waals surface area contributed by atoms with E-state index < -0.39 is 11.7 Å². The van der Waals surface area contributed by atoms with Gasteiger partial charge in [0.05, 0.1) is 17.9 Å².